The average Bonchev–Trinajstić information content (AvgIpc) is 2.25. The molecule has 0 spiro atoms. The van der Waals surface area contributed by atoms with Gasteiger partial charge in [-0.3, -0.25) is 0 Å². The molecule has 15 heavy (non-hydrogen) atoms. The molecule has 80 valence electrons. The lowest BCUT2D eigenvalue weighted by Gasteiger charge is -2.05. The van der Waals surface area contributed by atoms with E-state index in [4.69, 9.17) is 16.2 Å². The third kappa shape index (κ3) is 2.98. The lowest BCUT2D eigenvalue weighted by atomic mass is 10.1. The molecule has 0 aliphatic carbocycles. The van der Waals surface area contributed by atoms with Crippen molar-refractivity contribution in [2.45, 2.75) is 6.92 Å². The fourth-order valence-electron chi connectivity index (χ4n) is 1.13. The molecule has 5 heteroatoms. The average molecular weight is 206 g/mol. The first-order chi connectivity index (χ1) is 7.15. The summed E-state index contributed by atoms with van der Waals surface area (Å²) in [6, 6.07) is 7.52. The number of guanidine groups is 1. The van der Waals surface area contributed by atoms with Crippen molar-refractivity contribution in [3.8, 4) is 5.75 Å². The van der Waals surface area contributed by atoms with E-state index in [1.807, 2.05) is 31.2 Å². The van der Waals surface area contributed by atoms with Gasteiger partial charge in [-0.1, -0.05) is 12.1 Å². The third-order valence-corrected chi connectivity index (χ3v) is 1.81. The molecule has 0 unspecified atom stereocenters. The molecule has 1 aromatic carbocycles. The number of para-hydroxylation sites is 1. The van der Waals surface area contributed by atoms with Gasteiger partial charge >= 0.3 is 0 Å². The Balaban J connectivity index is 3.05. The summed E-state index contributed by atoms with van der Waals surface area (Å²) in [6.07, 6.45) is 0. The molecule has 0 bridgehead atoms. The van der Waals surface area contributed by atoms with Crippen LogP contribution < -0.4 is 16.2 Å². The van der Waals surface area contributed by atoms with Crippen LogP contribution in [-0.2, 0) is 0 Å². The highest BCUT2D eigenvalue weighted by Crippen LogP contribution is 2.17. The number of nitrogens with two attached hydrogens (primary N) is 2. The standard InChI is InChI=1S/C10H14N4O/c1-7(13-14-10(11)12)8-5-3-4-6-9(8)15-2/h3-6H,1-2H3,(H4,11,12,14). The zero-order chi connectivity index (χ0) is 11.3. The van der Waals surface area contributed by atoms with Crippen molar-refractivity contribution < 1.29 is 4.74 Å². The lowest BCUT2D eigenvalue weighted by molar-refractivity contribution is 0.414. The van der Waals surface area contributed by atoms with Crippen molar-refractivity contribution in [2.24, 2.45) is 21.7 Å². The molecule has 0 heterocycles. The van der Waals surface area contributed by atoms with Gasteiger partial charge in [0.25, 0.3) is 0 Å². The summed E-state index contributed by atoms with van der Waals surface area (Å²) in [4.78, 5) is 0. The molecule has 1 rings (SSSR count). The Morgan fingerprint density at radius 1 is 1.20 bits per heavy atom. The summed E-state index contributed by atoms with van der Waals surface area (Å²) in [5, 5.41) is 7.46. The normalized spacial score (nSPS) is 10.9. The van der Waals surface area contributed by atoms with Gasteiger partial charge in [0.15, 0.2) is 0 Å². The van der Waals surface area contributed by atoms with Crippen molar-refractivity contribution >= 4 is 11.7 Å². The number of hydrogen-bond donors (Lipinski definition) is 2. The zero-order valence-corrected chi connectivity index (χ0v) is 8.77. The number of ether oxygens (including phenoxy) is 1. The van der Waals surface area contributed by atoms with Gasteiger partial charge in [0.1, 0.15) is 5.75 Å². The van der Waals surface area contributed by atoms with Gasteiger partial charge in [-0.05, 0) is 19.1 Å². The molecule has 1 aromatic rings. The number of benzene rings is 1. The molecule has 0 aromatic heterocycles. The molecule has 0 radical (unpaired) electrons. The minimum atomic E-state index is -0.0655. The first-order valence-corrected chi connectivity index (χ1v) is 4.41. The summed E-state index contributed by atoms with van der Waals surface area (Å²) >= 11 is 0. The Morgan fingerprint density at radius 2 is 1.87 bits per heavy atom. The van der Waals surface area contributed by atoms with Crippen molar-refractivity contribution in [1.29, 1.82) is 0 Å². The summed E-state index contributed by atoms with van der Waals surface area (Å²) in [7, 11) is 1.60. The van der Waals surface area contributed by atoms with E-state index in [0.717, 1.165) is 11.3 Å². The fraction of sp³-hybridized carbons (Fsp3) is 0.200. The van der Waals surface area contributed by atoms with E-state index in [2.05, 4.69) is 10.2 Å². The molecule has 4 N–H and O–H groups in total. The number of methoxy groups -OCH3 is 1. The smallest absolute Gasteiger partial charge is 0.211 e. The second-order valence-electron chi connectivity index (χ2n) is 2.91. The van der Waals surface area contributed by atoms with Crippen molar-refractivity contribution in [2.75, 3.05) is 7.11 Å². The highest BCUT2D eigenvalue weighted by molar-refractivity contribution is 6.01. The maximum atomic E-state index is 5.18. The molecule has 0 fully saturated rings. The van der Waals surface area contributed by atoms with Crippen LogP contribution in [0.1, 0.15) is 12.5 Å². The molecule has 0 amide bonds. The van der Waals surface area contributed by atoms with Crippen LogP contribution in [0.5, 0.6) is 5.75 Å². The van der Waals surface area contributed by atoms with Crippen LogP contribution in [-0.4, -0.2) is 18.8 Å². The van der Waals surface area contributed by atoms with Gasteiger partial charge in [-0.2, -0.15) is 5.10 Å². The Kier molecular flexibility index (Phi) is 3.68. The summed E-state index contributed by atoms with van der Waals surface area (Å²) < 4.78 is 5.18. The molecular weight excluding hydrogens is 192 g/mol. The van der Waals surface area contributed by atoms with Crippen LogP contribution in [0.4, 0.5) is 0 Å². The third-order valence-electron chi connectivity index (χ3n) is 1.81. The topological polar surface area (TPSA) is 86.0 Å². The van der Waals surface area contributed by atoms with Crippen LogP contribution in [0, 0.1) is 0 Å². The van der Waals surface area contributed by atoms with Crippen molar-refractivity contribution in [1.82, 2.24) is 0 Å². The molecular formula is C10H14N4O. The number of rotatable bonds is 3. The Hall–Kier alpha value is -2.04. The van der Waals surface area contributed by atoms with Gasteiger partial charge in [0.2, 0.25) is 5.96 Å². The first kappa shape index (κ1) is 11.0. The summed E-state index contributed by atoms with van der Waals surface area (Å²) in [5.41, 5.74) is 11.9. The predicted octanol–water partition coefficient (Wildman–Crippen LogP) is 0.693. The Bertz CT molecular complexity index is 394. The van der Waals surface area contributed by atoms with Gasteiger partial charge in [-0.15, -0.1) is 5.10 Å². The van der Waals surface area contributed by atoms with Gasteiger partial charge in [0.05, 0.1) is 12.8 Å². The van der Waals surface area contributed by atoms with E-state index < -0.39 is 0 Å². The van der Waals surface area contributed by atoms with E-state index in [-0.39, 0.29) is 5.96 Å². The van der Waals surface area contributed by atoms with Crippen LogP contribution in [0.3, 0.4) is 0 Å². The molecule has 0 atom stereocenters. The lowest BCUT2D eigenvalue weighted by Crippen LogP contribution is -2.22. The van der Waals surface area contributed by atoms with Crippen molar-refractivity contribution in [3.05, 3.63) is 29.8 Å². The minimum Gasteiger partial charge on any atom is -0.496 e. The van der Waals surface area contributed by atoms with Gasteiger partial charge in [-0.25, -0.2) is 0 Å². The Labute approximate surface area is 88.4 Å². The molecule has 0 aliphatic heterocycles. The van der Waals surface area contributed by atoms with E-state index in [1.165, 1.54) is 0 Å². The fourth-order valence-corrected chi connectivity index (χ4v) is 1.13. The molecule has 0 saturated carbocycles. The van der Waals surface area contributed by atoms with Gasteiger partial charge in [0, 0.05) is 5.56 Å². The van der Waals surface area contributed by atoms with E-state index >= 15 is 0 Å². The number of hydrogen-bond acceptors (Lipinski definition) is 3. The first-order valence-electron chi connectivity index (χ1n) is 4.41. The maximum absolute atomic E-state index is 5.18. The quantitative estimate of drug-likeness (QED) is 0.433. The predicted molar refractivity (Wildman–Crippen MR) is 61.0 cm³/mol. The number of nitrogens with zero attached hydrogens (tertiary/aromatic N) is 2. The van der Waals surface area contributed by atoms with E-state index in [1.54, 1.807) is 7.11 Å². The monoisotopic (exact) mass is 206 g/mol. The van der Waals surface area contributed by atoms with Crippen molar-refractivity contribution in [3.63, 3.8) is 0 Å². The van der Waals surface area contributed by atoms with Crippen LogP contribution in [0.2, 0.25) is 0 Å². The second kappa shape index (κ2) is 4.99. The summed E-state index contributed by atoms with van der Waals surface area (Å²) in [6.45, 7) is 1.81. The highest BCUT2D eigenvalue weighted by atomic mass is 16.5. The molecule has 5 nitrogen and oxygen atoms in total. The maximum Gasteiger partial charge on any atom is 0.211 e. The minimum absolute atomic E-state index is 0.0655. The van der Waals surface area contributed by atoms with E-state index in [9.17, 15) is 0 Å². The second-order valence-corrected chi connectivity index (χ2v) is 2.91. The van der Waals surface area contributed by atoms with E-state index in [0.29, 0.717) is 5.71 Å². The SMILES string of the molecule is COc1ccccc1C(C)=NN=C(N)N. The molecule has 0 saturated heterocycles. The van der Waals surface area contributed by atoms with Crippen LogP contribution in [0.25, 0.3) is 0 Å². The molecule has 0 aliphatic rings. The Morgan fingerprint density at radius 3 is 2.47 bits per heavy atom. The largest absolute Gasteiger partial charge is 0.496 e. The summed E-state index contributed by atoms with van der Waals surface area (Å²) in [5.74, 6) is 0.675. The highest BCUT2D eigenvalue weighted by Gasteiger charge is 2.04. The van der Waals surface area contributed by atoms with Crippen LogP contribution >= 0.6 is 0 Å². The zero-order valence-electron chi connectivity index (χ0n) is 8.77. The van der Waals surface area contributed by atoms with Gasteiger partial charge < -0.3 is 16.2 Å². The van der Waals surface area contributed by atoms with Crippen LogP contribution in [0.15, 0.2) is 34.5 Å².